The van der Waals surface area contributed by atoms with E-state index in [1.54, 1.807) is 12.1 Å². The molecule has 1 unspecified atom stereocenters. The van der Waals surface area contributed by atoms with Crippen molar-refractivity contribution < 1.29 is 14.3 Å². The number of benzene rings is 1. The molecule has 1 aromatic rings. The van der Waals surface area contributed by atoms with Crippen LogP contribution in [-0.2, 0) is 4.79 Å². The predicted molar refractivity (Wildman–Crippen MR) is 76.6 cm³/mol. The lowest BCUT2D eigenvalue weighted by Crippen LogP contribution is -2.35. The number of nitrogens with zero attached hydrogens (tertiary/aromatic N) is 1. The number of hydrogen-bond donors (Lipinski definition) is 1. The minimum absolute atomic E-state index is 0.0382. The predicted octanol–water partition coefficient (Wildman–Crippen LogP) is 3.83. The van der Waals surface area contributed by atoms with Crippen molar-refractivity contribution in [2.75, 3.05) is 6.54 Å². The Bertz CT molecular complexity index is 451. The second kappa shape index (κ2) is 7.01. The molecule has 0 fully saturated rings. The van der Waals surface area contributed by atoms with Gasteiger partial charge in [-0.15, -0.1) is 0 Å². The van der Waals surface area contributed by atoms with E-state index in [0.717, 1.165) is 5.56 Å². The van der Waals surface area contributed by atoms with Crippen LogP contribution in [0.1, 0.15) is 38.8 Å². The number of carboxylic acid groups (broad SMARTS) is 1. The highest BCUT2D eigenvalue weighted by atomic mass is 79.9. The van der Waals surface area contributed by atoms with Crippen molar-refractivity contribution in [2.24, 2.45) is 0 Å². The Morgan fingerprint density at radius 2 is 2.05 bits per heavy atom. The average Bonchev–Trinajstić information content (AvgIpc) is 2.31. The van der Waals surface area contributed by atoms with Crippen LogP contribution in [-0.4, -0.2) is 28.6 Å². The van der Waals surface area contributed by atoms with Gasteiger partial charge in [-0.3, -0.25) is 9.69 Å². The van der Waals surface area contributed by atoms with E-state index in [4.69, 9.17) is 5.11 Å². The first-order valence-electron chi connectivity index (χ1n) is 6.25. The molecule has 0 aromatic heterocycles. The number of carboxylic acids is 1. The van der Waals surface area contributed by atoms with Crippen molar-refractivity contribution >= 4 is 21.9 Å². The van der Waals surface area contributed by atoms with Gasteiger partial charge in [0, 0.05) is 18.6 Å². The third kappa shape index (κ3) is 4.58. The molecule has 0 spiro atoms. The molecule has 3 nitrogen and oxygen atoms in total. The normalized spacial score (nSPS) is 13.0. The van der Waals surface area contributed by atoms with Crippen molar-refractivity contribution in [1.29, 1.82) is 0 Å². The van der Waals surface area contributed by atoms with Crippen molar-refractivity contribution in [3.8, 4) is 0 Å². The third-order valence-electron chi connectivity index (χ3n) is 3.17. The Kier molecular flexibility index (Phi) is 5.94. The van der Waals surface area contributed by atoms with Crippen molar-refractivity contribution in [3.63, 3.8) is 0 Å². The standard InChI is InChI=1S/C14H19BrFNO2/c1-9(2)17(7-6-14(18)19)10(3)11-4-5-13(16)12(15)8-11/h4-5,8-10H,6-7H2,1-3H3,(H,18,19). The molecule has 1 atom stereocenters. The fourth-order valence-electron chi connectivity index (χ4n) is 2.09. The highest BCUT2D eigenvalue weighted by Gasteiger charge is 2.20. The molecule has 0 aliphatic heterocycles. The van der Waals surface area contributed by atoms with E-state index in [0.29, 0.717) is 11.0 Å². The van der Waals surface area contributed by atoms with Crippen LogP contribution in [0.15, 0.2) is 22.7 Å². The lowest BCUT2D eigenvalue weighted by molar-refractivity contribution is -0.137. The lowest BCUT2D eigenvalue weighted by Gasteiger charge is -2.32. The van der Waals surface area contributed by atoms with E-state index in [2.05, 4.69) is 20.8 Å². The molecule has 0 aliphatic rings. The van der Waals surface area contributed by atoms with Crippen LogP contribution >= 0.6 is 15.9 Å². The zero-order valence-electron chi connectivity index (χ0n) is 11.4. The van der Waals surface area contributed by atoms with Gasteiger partial charge in [0.15, 0.2) is 0 Å². The molecule has 0 bridgehead atoms. The summed E-state index contributed by atoms with van der Waals surface area (Å²) in [5.41, 5.74) is 0.965. The summed E-state index contributed by atoms with van der Waals surface area (Å²) in [7, 11) is 0. The zero-order valence-corrected chi connectivity index (χ0v) is 12.9. The molecule has 0 aliphatic carbocycles. The van der Waals surface area contributed by atoms with Gasteiger partial charge in [-0.25, -0.2) is 4.39 Å². The number of halogens is 2. The summed E-state index contributed by atoms with van der Waals surface area (Å²) in [4.78, 5) is 12.8. The summed E-state index contributed by atoms with van der Waals surface area (Å²) in [6, 6.07) is 5.16. The molecule has 0 amide bonds. The van der Waals surface area contributed by atoms with E-state index in [-0.39, 0.29) is 24.3 Å². The fraction of sp³-hybridized carbons (Fsp3) is 0.500. The molecule has 0 heterocycles. The molecule has 0 radical (unpaired) electrons. The molecular formula is C14H19BrFNO2. The second-order valence-electron chi connectivity index (χ2n) is 4.82. The topological polar surface area (TPSA) is 40.5 Å². The van der Waals surface area contributed by atoms with E-state index in [1.807, 2.05) is 20.8 Å². The Labute approximate surface area is 121 Å². The summed E-state index contributed by atoms with van der Waals surface area (Å²) < 4.78 is 13.7. The number of aliphatic carboxylic acids is 1. The van der Waals surface area contributed by atoms with E-state index < -0.39 is 5.97 Å². The summed E-state index contributed by atoms with van der Waals surface area (Å²) in [6.07, 6.45) is 0.102. The largest absolute Gasteiger partial charge is 0.481 e. The summed E-state index contributed by atoms with van der Waals surface area (Å²) in [5, 5.41) is 8.79. The van der Waals surface area contributed by atoms with Crippen LogP contribution in [0.3, 0.4) is 0 Å². The molecule has 1 N–H and O–H groups in total. The Balaban J connectivity index is 2.88. The maximum Gasteiger partial charge on any atom is 0.304 e. The summed E-state index contributed by atoms with van der Waals surface area (Å²) in [6.45, 7) is 6.53. The quantitative estimate of drug-likeness (QED) is 0.861. The average molecular weight is 332 g/mol. The van der Waals surface area contributed by atoms with Crippen LogP contribution in [0.5, 0.6) is 0 Å². The maximum atomic E-state index is 13.2. The first-order chi connectivity index (χ1) is 8.82. The Morgan fingerprint density at radius 3 is 2.53 bits per heavy atom. The van der Waals surface area contributed by atoms with Crippen molar-refractivity contribution in [3.05, 3.63) is 34.1 Å². The maximum absolute atomic E-state index is 13.2. The molecule has 1 aromatic carbocycles. The van der Waals surface area contributed by atoms with Crippen LogP contribution in [0.25, 0.3) is 0 Å². The van der Waals surface area contributed by atoms with Crippen LogP contribution in [0.4, 0.5) is 4.39 Å². The zero-order chi connectivity index (χ0) is 14.6. The molecule has 5 heteroatoms. The van der Waals surface area contributed by atoms with Gasteiger partial charge in [0.25, 0.3) is 0 Å². The van der Waals surface area contributed by atoms with Gasteiger partial charge < -0.3 is 5.11 Å². The van der Waals surface area contributed by atoms with Gasteiger partial charge >= 0.3 is 5.97 Å². The Morgan fingerprint density at radius 1 is 1.42 bits per heavy atom. The fourth-order valence-corrected chi connectivity index (χ4v) is 2.48. The van der Waals surface area contributed by atoms with Gasteiger partial charge in [-0.2, -0.15) is 0 Å². The van der Waals surface area contributed by atoms with Gasteiger partial charge in [-0.1, -0.05) is 6.07 Å². The lowest BCUT2D eigenvalue weighted by atomic mass is 10.0. The van der Waals surface area contributed by atoms with E-state index >= 15 is 0 Å². The highest BCUT2D eigenvalue weighted by molar-refractivity contribution is 9.10. The third-order valence-corrected chi connectivity index (χ3v) is 3.78. The van der Waals surface area contributed by atoms with Gasteiger partial charge in [0.05, 0.1) is 10.9 Å². The molecule has 0 saturated heterocycles. The monoisotopic (exact) mass is 331 g/mol. The number of rotatable bonds is 6. The minimum atomic E-state index is -0.807. The van der Waals surface area contributed by atoms with Gasteiger partial charge in [0.1, 0.15) is 5.82 Å². The van der Waals surface area contributed by atoms with Crippen LogP contribution in [0.2, 0.25) is 0 Å². The van der Waals surface area contributed by atoms with Crippen LogP contribution < -0.4 is 0 Å². The van der Waals surface area contributed by atoms with Crippen LogP contribution in [0, 0.1) is 5.82 Å². The molecule has 106 valence electrons. The van der Waals surface area contributed by atoms with Gasteiger partial charge in [0.2, 0.25) is 0 Å². The van der Waals surface area contributed by atoms with Gasteiger partial charge in [-0.05, 0) is 54.4 Å². The minimum Gasteiger partial charge on any atom is -0.481 e. The molecule has 0 saturated carbocycles. The second-order valence-corrected chi connectivity index (χ2v) is 5.68. The number of hydrogen-bond acceptors (Lipinski definition) is 2. The molecular weight excluding hydrogens is 313 g/mol. The first-order valence-corrected chi connectivity index (χ1v) is 7.04. The molecule has 1 rings (SSSR count). The molecule has 19 heavy (non-hydrogen) atoms. The van der Waals surface area contributed by atoms with E-state index in [1.165, 1.54) is 6.07 Å². The smallest absolute Gasteiger partial charge is 0.304 e. The SMILES string of the molecule is CC(C)N(CCC(=O)O)C(C)c1ccc(F)c(Br)c1. The summed E-state index contributed by atoms with van der Waals surface area (Å²) >= 11 is 3.18. The Hall–Kier alpha value is -0.940. The summed E-state index contributed by atoms with van der Waals surface area (Å²) in [5.74, 6) is -1.10. The van der Waals surface area contributed by atoms with Crippen molar-refractivity contribution in [1.82, 2.24) is 4.90 Å². The highest BCUT2D eigenvalue weighted by Crippen LogP contribution is 2.26. The number of carbonyl (C=O) groups is 1. The first kappa shape index (κ1) is 16.1. The van der Waals surface area contributed by atoms with Crippen molar-refractivity contribution in [2.45, 2.75) is 39.3 Å². The van der Waals surface area contributed by atoms with E-state index in [9.17, 15) is 9.18 Å².